The summed E-state index contributed by atoms with van der Waals surface area (Å²) in [6.07, 6.45) is 3.74. The number of ether oxygens (including phenoxy) is 1. The summed E-state index contributed by atoms with van der Waals surface area (Å²) >= 11 is 0. The average Bonchev–Trinajstić information content (AvgIpc) is 3.28. The summed E-state index contributed by atoms with van der Waals surface area (Å²) in [5.74, 6) is 1.72. The Balaban J connectivity index is 1.70. The third kappa shape index (κ3) is 6.49. The van der Waals surface area contributed by atoms with Gasteiger partial charge in [-0.15, -0.1) is 0 Å². The highest BCUT2D eigenvalue weighted by atomic mass is 16.5. The highest BCUT2D eigenvalue weighted by Crippen LogP contribution is 2.25. The monoisotopic (exact) mass is 427 g/mol. The van der Waals surface area contributed by atoms with Gasteiger partial charge in [-0.2, -0.15) is 0 Å². The van der Waals surface area contributed by atoms with Crippen molar-refractivity contribution in [2.24, 2.45) is 10.7 Å². The second kappa shape index (κ2) is 11.4. The summed E-state index contributed by atoms with van der Waals surface area (Å²) in [5.41, 5.74) is 6.50. The molecule has 1 saturated heterocycles. The van der Waals surface area contributed by atoms with Crippen LogP contribution in [0.15, 0.2) is 45.8 Å². The number of carbonyl (C=O) groups is 1. The highest BCUT2D eigenvalue weighted by molar-refractivity contribution is 5.89. The molecule has 168 valence electrons. The lowest BCUT2D eigenvalue weighted by Gasteiger charge is -2.35. The number of nitrogens with one attached hydrogen (secondary N) is 2. The molecule has 0 radical (unpaired) electrons. The molecule has 2 aromatic rings. The Hall–Kier alpha value is -3.00. The van der Waals surface area contributed by atoms with Gasteiger partial charge in [0.15, 0.2) is 11.7 Å². The molecule has 1 amide bonds. The quantitative estimate of drug-likeness (QED) is 0.420. The Morgan fingerprint density at radius 1 is 1.16 bits per heavy atom. The van der Waals surface area contributed by atoms with Gasteiger partial charge < -0.3 is 25.5 Å². The minimum absolute atomic E-state index is 0.146. The summed E-state index contributed by atoms with van der Waals surface area (Å²) < 4.78 is 10.7. The van der Waals surface area contributed by atoms with E-state index in [0.717, 1.165) is 31.9 Å². The number of rotatable bonds is 9. The van der Waals surface area contributed by atoms with E-state index in [-0.39, 0.29) is 11.8 Å². The van der Waals surface area contributed by atoms with Crippen LogP contribution in [0.2, 0.25) is 0 Å². The number of primary amides is 1. The molecule has 0 saturated carbocycles. The van der Waals surface area contributed by atoms with Crippen LogP contribution in [0.1, 0.15) is 54.1 Å². The molecule has 3 rings (SSSR count). The van der Waals surface area contributed by atoms with Gasteiger partial charge in [0, 0.05) is 13.1 Å². The van der Waals surface area contributed by atoms with E-state index in [1.54, 1.807) is 19.2 Å². The van der Waals surface area contributed by atoms with Crippen molar-refractivity contribution in [2.45, 2.75) is 38.8 Å². The molecule has 4 N–H and O–H groups in total. The van der Waals surface area contributed by atoms with Gasteiger partial charge >= 0.3 is 0 Å². The second-order valence-electron chi connectivity index (χ2n) is 7.59. The maximum absolute atomic E-state index is 11.2. The SMILES string of the molecule is CCNC(=NCc1ccc(C(N)=O)o1)NCC(c1ccc(OC)cc1)N1CCCCC1. The lowest BCUT2D eigenvalue weighted by Crippen LogP contribution is -2.44. The summed E-state index contributed by atoms with van der Waals surface area (Å²) in [4.78, 5) is 18.4. The molecule has 0 spiro atoms. The fraction of sp³-hybridized carbons (Fsp3) is 0.478. The first-order valence-corrected chi connectivity index (χ1v) is 10.9. The van der Waals surface area contributed by atoms with Crippen LogP contribution in [-0.4, -0.2) is 50.1 Å². The number of furan rings is 1. The lowest BCUT2D eigenvalue weighted by molar-refractivity contribution is 0.0972. The largest absolute Gasteiger partial charge is 0.497 e. The molecule has 31 heavy (non-hydrogen) atoms. The third-order valence-corrected chi connectivity index (χ3v) is 5.44. The Morgan fingerprint density at radius 3 is 2.52 bits per heavy atom. The summed E-state index contributed by atoms with van der Waals surface area (Å²) in [7, 11) is 1.68. The Morgan fingerprint density at radius 2 is 1.90 bits per heavy atom. The standard InChI is InChI=1S/C23H33N5O3/c1-3-25-23(26-15-19-11-12-21(31-19)22(24)29)27-16-20(28-13-5-4-6-14-28)17-7-9-18(30-2)10-8-17/h7-12,20H,3-6,13-16H2,1-2H3,(H2,24,29)(H2,25,26,27). The van der Waals surface area contributed by atoms with Crippen molar-refractivity contribution in [2.75, 3.05) is 33.3 Å². The minimum atomic E-state index is -0.580. The molecule has 1 aromatic heterocycles. The first-order chi connectivity index (χ1) is 15.1. The van der Waals surface area contributed by atoms with E-state index in [0.29, 0.717) is 18.3 Å². The number of amides is 1. The van der Waals surface area contributed by atoms with Crippen LogP contribution < -0.4 is 21.1 Å². The van der Waals surface area contributed by atoms with Crippen molar-refractivity contribution >= 4 is 11.9 Å². The Labute approximate surface area is 183 Å². The van der Waals surface area contributed by atoms with Crippen molar-refractivity contribution in [1.82, 2.24) is 15.5 Å². The molecular formula is C23H33N5O3. The predicted molar refractivity (Wildman–Crippen MR) is 121 cm³/mol. The van der Waals surface area contributed by atoms with Crippen molar-refractivity contribution in [1.29, 1.82) is 0 Å². The van der Waals surface area contributed by atoms with Gasteiger partial charge in [0.05, 0.1) is 13.2 Å². The van der Waals surface area contributed by atoms with Gasteiger partial charge in [-0.05, 0) is 62.7 Å². The van der Waals surface area contributed by atoms with Crippen LogP contribution in [0.4, 0.5) is 0 Å². The molecule has 2 heterocycles. The van der Waals surface area contributed by atoms with Crippen LogP contribution in [0, 0.1) is 0 Å². The molecule has 1 aliphatic rings. The van der Waals surface area contributed by atoms with Crippen molar-refractivity contribution < 1.29 is 13.9 Å². The summed E-state index contributed by atoms with van der Waals surface area (Å²) in [6.45, 7) is 6.00. The number of guanidine groups is 1. The first-order valence-electron chi connectivity index (χ1n) is 10.9. The van der Waals surface area contributed by atoms with E-state index in [1.165, 1.54) is 24.8 Å². The molecule has 1 unspecified atom stereocenters. The molecule has 0 aliphatic carbocycles. The van der Waals surface area contributed by atoms with Gasteiger partial charge in [0.25, 0.3) is 5.91 Å². The van der Waals surface area contributed by atoms with E-state index in [9.17, 15) is 4.79 Å². The zero-order chi connectivity index (χ0) is 22.1. The van der Waals surface area contributed by atoms with Crippen molar-refractivity contribution in [3.8, 4) is 5.75 Å². The molecule has 8 heteroatoms. The maximum Gasteiger partial charge on any atom is 0.284 e. The molecule has 0 bridgehead atoms. The van der Waals surface area contributed by atoms with E-state index in [4.69, 9.17) is 14.9 Å². The third-order valence-electron chi connectivity index (χ3n) is 5.44. The van der Waals surface area contributed by atoms with E-state index < -0.39 is 5.91 Å². The number of hydrogen-bond donors (Lipinski definition) is 3. The Bertz CT molecular complexity index is 856. The van der Waals surface area contributed by atoms with E-state index in [2.05, 4.69) is 32.7 Å². The molecular weight excluding hydrogens is 394 g/mol. The number of nitrogens with zero attached hydrogens (tertiary/aromatic N) is 2. The molecule has 1 fully saturated rings. The van der Waals surface area contributed by atoms with E-state index >= 15 is 0 Å². The Kier molecular flexibility index (Phi) is 8.35. The number of methoxy groups -OCH3 is 1. The average molecular weight is 428 g/mol. The van der Waals surface area contributed by atoms with Crippen molar-refractivity contribution in [3.63, 3.8) is 0 Å². The topological polar surface area (TPSA) is 105 Å². The van der Waals surface area contributed by atoms with Gasteiger partial charge in [0.1, 0.15) is 18.1 Å². The van der Waals surface area contributed by atoms with Gasteiger partial charge in [-0.25, -0.2) is 4.99 Å². The number of benzene rings is 1. The van der Waals surface area contributed by atoms with Gasteiger partial charge in [-0.1, -0.05) is 18.6 Å². The highest BCUT2D eigenvalue weighted by Gasteiger charge is 2.22. The fourth-order valence-electron chi connectivity index (χ4n) is 3.80. The number of nitrogens with two attached hydrogens (primary N) is 1. The zero-order valence-electron chi connectivity index (χ0n) is 18.4. The fourth-order valence-corrected chi connectivity index (χ4v) is 3.80. The van der Waals surface area contributed by atoms with E-state index in [1.807, 2.05) is 19.1 Å². The molecule has 8 nitrogen and oxygen atoms in total. The van der Waals surface area contributed by atoms with Crippen LogP contribution in [0.3, 0.4) is 0 Å². The first kappa shape index (κ1) is 22.7. The molecule has 1 atom stereocenters. The summed E-state index contributed by atoms with van der Waals surface area (Å²) in [6, 6.07) is 11.8. The number of aliphatic imine (C=N–C) groups is 1. The number of carbonyl (C=O) groups excluding carboxylic acids is 1. The predicted octanol–water partition coefficient (Wildman–Crippen LogP) is 2.67. The van der Waals surface area contributed by atoms with Crippen LogP contribution in [0.25, 0.3) is 0 Å². The van der Waals surface area contributed by atoms with Gasteiger partial charge in [0.2, 0.25) is 0 Å². The van der Waals surface area contributed by atoms with Gasteiger partial charge in [-0.3, -0.25) is 9.69 Å². The van der Waals surface area contributed by atoms with Crippen molar-refractivity contribution in [3.05, 3.63) is 53.5 Å². The second-order valence-corrected chi connectivity index (χ2v) is 7.59. The summed E-state index contributed by atoms with van der Waals surface area (Å²) in [5, 5.41) is 6.76. The normalized spacial score (nSPS) is 16.0. The lowest BCUT2D eigenvalue weighted by atomic mass is 10.0. The van der Waals surface area contributed by atoms with Crippen LogP contribution in [-0.2, 0) is 6.54 Å². The van der Waals surface area contributed by atoms with Crippen LogP contribution in [0.5, 0.6) is 5.75 Å². The molecule has 1 aromatic carbocycles. The molecule has 1 aliphatic heterocycles. The number of piperidine rings is 1. The minimum Gasteiger partial charge on any atom is -0.497 e. The number of hydrogen-bond acceptors (Lipinski definition) is 5. The smallest absolute Gasteiger partial charge is 0.284 e. The zero-order valence-corrected chi connectivity index (χ0v) is 18.4. The number of likely N-dealkylation sites (tertiary alicyclic amines) is 1. The van der Waals surface area contributed by atoms with Crippen LogP contribution >= 0.6 is 0 Å². The maximum atomic E-state index is 11.2.